The SMILES string of the molecule is Cc1cc(C(=O)NC2CCCc3ccccc32)c(C)n1Cc1ccco1. The number of aryl methyl sites for hydroxylation is 2. The van der Waals surface area contributed by atoms with Crippen molar-refractivity contribution in [1.82, 2.24) is 9.88 Å². The number of benzene rings is 1. The molecule has 2 aromatic heterocycles. The van der Waals surface area contributed by atoms with E-state index in [9.17, 15) is 4.79 Å². The van der Waals surface area contributed by atoms with Crippen molar-refractivity contribution in [3.05, 3.63) is 82.6 Å². The number of fused-ring (bicyclic) bond motifs is 1. The first-order chi connectivity index (χ1) is 12.6. The van der Waals surface area contributed by atoms with Crippen LogP contribution in [-0.4, -0.2) is 10.5 Å². The third-order valence-electron chi connectivity index (χ3n) is 5.39. The van der Waals surface area contributed by atoms with Crippen LogP contribution in [0.1, 0.15) is 57.5 Å². The summed E-state index contributed by atoms with van der Waals surface area (Å²) in [7, 11) is 0. The lowest BCUT2D eigenvalue weighted by molar-refractivity contribution is 0.0932. The third kappa shape index (κ3) is 3.07. The highest BCUT2D eigenvalue weighted by atomic mass is 16.3. The molecule has 1 atom stereocenters. The molecular weight excluding hydrogens is 324 g/mol. The standard InChI is InChI=1S/C22H24N2O2/c1-15-13-20(16(2)24(15)14-18-9-6-12-26-18)22(25)23-21-11-5-8-17-7-3-4-10-19(17)21/h3-4,6-7,9-10,12-13,21H,5,8,11,14H2,1-2H3,(H,23,25). The fourth-order valence-corrected chi connectivity index (χ4v) is 3.97. The molecule has 2 heterocycles. The number of hydrogen-bond donors (Lipinski definition) is 1. The van der Waals surface area contributed by atoms with Gasteiger partial charge in [0, 0.05) is 11.4 Å². The van der Waals surface area contributed by atoms with Gasteiger partial charge in [-0.1, -0.05) is 24.3 Å². The number of aromatic nitrogens is 1. The summed E-state index contributed by atoms with van der Waals surface area (Å²) in [6, 6.07) is 14.4. The number of carbonyl (C=O) groups is 1. The largest absolute Gasteiger partial charge is 0.467 e. The van der Waals surface area contributed by atoms with Gasteiger partial charge in [0.15, 0.2) is 0 Å². The van der Waals surface area contributed by atoms with Crippen LogP contribution in [0.4, 0.5) is 0 Å². The zero-order chi connectivity index (χ0) is 18.1. The monoisotopic (exact) mass is 348 g/mol. The molecule has 0 radical (unpaired) electrons. The van der Waals surface area contributed by atoms with Crippen molar-refractivity contribution in [2.24, 2.45) is 0 Å². The number of nitrogens with one attached hydrogen (secondary N) is 1. The smallest absolute Gasteiger partial charge is 0.253 e. The van der Waals surface area contributed by atoms with E-state index in [1.165, 1.54) is 11.1 Å². The Balaban J connectivity index is 1.56. The van der Waals surface area contributed by atoms with Crippen LogP contribution in [0.25, 0.3) is 0 Å². The number of rotatable bonds is 4. The predicted octanol–water partition coefficient (Wildman–Crippen LogP) is 4.55. The van der Waals surface area contributed by atoms with Crippen LogP contribution in [-0.2, 0) is 13.0 Å². The van der Waals surface area contributed by atoms with E-state index in [4.69, 9.17) is 4.42 Å². The molecular formula is C22H24N2O2. The summed E-state index contributed by atoms with van der Waals surface area (Å²) in [5.41, 5.74) is 5.40. The minimum absolute atomic E-state index is 0.00509. The molecule has 1 aliphatic rings. The molecule has 1 aromatic carbocycles. The fraction of sp³-hybridized carbons (Fsp3) is 0.318. The number of hydrogen-bond acceptors (Lipinski definition) is 2. The van der Waals surface area contributed by atoms with Crippen LogP contribution in [0.5, 0.6) is 0 Å². The molecule has 3 aromatic rings. The summed E-state index contributed by atoms with van der Waals surface area (Å²) >= 11 is 0. The average Bonchev–Trinajstić information content (AvgIpc) is 3.26. The van der Waals surface area contributed by atoms with Gasteiger partial charge in [0.1, 0.15) is 5.76 Å². The second-order valence-corrected chi connectivity index (χ2v) is 7.07. The van der Waals surface area contributed by atoms with Crippen LogP contribution in [0.3, 0.4) is 0 Å². The highest BCUT2D eigenvalue weighted by Gasteiger charge is 2.24. The Morgan fingerprint density at radius 1 is 1.23 bits per heavy atom. The van der Waals surface area contributed by atoms with E-state index in [0.29, 0.717) is 6.54 Å². The lowest BCUT2D eigenvalue weighted by Crippen LogP contribution is -2.31. The molecule has 0 saturated heterocycles. The lowest BCUT2D eigenvalue weighted by atomic mass is 9.87. The van der Waals surface area contributed by atoms with Crippen molar-refractivity contribution in [2.45, 2.75) is 45.7 Å². The lowest BCUT2D eigenvalue weighted by Gasteiger charge is -2.26. The quantitative estimate of drug-likeness (QED) is 0.752. The zero-order valence-electron chi connectivity index (χ0n) is 15.3. The highest BCUT2D eigenvalue weighted by molar-refractivity contribution is 5.96. The van der Waals surface area contributed by atoms with E-state index in [0.717, 1.165) is 42.0 Å². The van der Waals surface area contributed by atoms with Crippen molar-refractivity contribution < 1.29 is 9.21 Å². The van der Waals surface area contributed by atoms with Crippen LogP contribution in [0.2, 0.25) is 0 Å². The molecule has 4 rings (SSSR count). The summed E-state index contributed by atoms with van der Waals surface area (Å²) in [6.45, 7) is 4.67. The van der Waals surface area contributed by atoms with Crippen molar-refractivity contribution in [3.8, 4) is 0 Å². The molecule has 1 aliphatic carbocycles. The maximum Gasteiger partial charge on any atom is 0.253 e. The van der Waals surface area contributed by atoms with Gasteiger partial charge in [0.2, 0.25) is 0 Å². The van der Waals surface area contributed by atoms with Gasteiger partial charge in [-0.05, 0) is 62.4 Å². The second-order valence-electron chi connectivity index (χ2n) is 7.07. The summed E-state index contributed by atoms with van der Waals surface area (Å²) in [5, 5.41) is 3.26. The molecule has 0 bridgehead atoms. The van der Waals surface area contributed by atoms with Gasteiger partial charge in [-0.25, -0.2) is 0 Å². The number of nitrogens with zero attached hydrogens (tertiary/aromatic N) is 1. The van der Waals surface area contributed by atoms with E-state index >= 15 is 0 Å². The Bertz CT molecular complexity index is 922. The van der Waals surface area contributed by atoms with Gasteiger partial charge in [0.25, 0.3) is 5.91 Å². The maximum absolute atomic E-state index is 13.0. The zero-order valence-corrected chi connectivity index (χ0v) is 15.3. The number of carbonyl (C=O) groups excluding carboxylic acids is 1. The van der Waals surface area contributed by atoms with E-state index in [2.05, 4.69) is 34.1 Å². The van der Waals surface area contributed by atoms with Gasteiger partial charge >= 0.3 is 0 Å². The predicted molar refractivity (Wildman–Crippen MR) is 101 cm³/mol. The van der Waals surface area contributed by atoms with Crippen LogP contribution < -0.4 is 5.32 Å². The molecule has 4 heteroatoms. The Morgan fingerprint density at radius 2 is 2.08 bits per heavy atom. The molecule has 4 nitrogen and oxygen atoms in total. The fourth-order valence-electron chi connectivity index (χ4n) is 3.97. The molecule has 0 saturated carbocycles. The van der Waals surface area contributed by atoms with Crippen molar-refractivity contribution in [2.75, 3.05) is 0 Å². The number of furan rings is 1. The first-order valence-electron chi connectivity index (χ1n) is 9.21. The molecule has 134 valence electrons. The minimum Gasteiger partial charge on any atom is -0.467 e. The van der Waals surface area contributed by atoms with Crippen molar-refractivity contribution in [3.63, 3.8) is 0 Å². The number of amides is 1. The molecule has 0 aliphatic heterocycles. The van der Waals surface area contributed by atoms with Gasteiger partial charge in [-0.15, -0.1) is 0 Å². The second kappa shape index (κ2) is 6.87. The molecule has 1 unspecified atom stereocenters. The van der Waals surface area contributed by atoms with E-state index < -0.39 is 0 Å². The molecule has 1 amide bonds. The summed E-state index contributed by atoms with van der Waals surface area (Å²) < 4.78 is 7.58. The first kappa shape index (κ1) is 16.7. The Labute approximate surface area is 153 Å². The van der Waals surface area contributed by atoms with E-state index in [-0.39, 0.29) is 11.9 Å². The van der Waals surface area contributed by atoms with E-state index in [1.807, 2.05) is 32.0 Å². The minimum atomic E-state index is 0.00509. The molecule has 1 N–H and O–H groups in total. The van der Waals surface area contributed by atoms with Crippen molar-refractivity contribution >= 4 is 5.91 Å². The Kier molecular flexibility index (Phi) is 4.41. The van der Waals surface area contributed by atoms with Crippen molar-refractivity contribution in [1.29, 1.82) is 0 Å². The van der Waals surface area contributed by atoms with Crippen LogP contribution in [0, 0.1) is 13.8 Å². The molecule has 26 heavy (non-hydrogen) atoms. The highest BCUT2D eigenvalue weighted by Crippen LogP contribution is 2.30. The molecule has 0 spiro atoms. The topological polar surface area (TPSA) is 47.2 Å². The Hall–Kier alpha value is -2.75. The van der Waals surface area contributed by atoms with E-state index in [1.54, 1.807) is 6.26 Å². The first-order valence-corrected chi connectivity index (χ1v) is 9.21. The van der Waals surface area contributed by atoms with Gasteiger partial charge in [-0.3, -0.25) is 4.79 Å². The van der Waals surface area contributed by atoms with Gasteiger partial charge < -0.3 is 14.3 Å². The Morgan fingerprint density at radius 3 is 2.88 bits per heavy atom. The van der Waals surface area contributed by atoms with Crippen LogP contribution in [0.15, 0.2) is 53.1 Å². The normalized spacial score (nSPS) is 16.3. The summed E-state index contributed by atoms with van der Waals surface area (Å²) in [4.78, 5) is 13.0. The van der Waals surface area contributed by atoms with Crippen LogP contribution >= 0.6 is 0 Å². The maximum atomic E-state index is 13.0. The third-order valence-corrected chi connectivity index (χ3v) is 5.39. The van der Waals surface area contributed by atoms with Gasteiger partial charge in [-0.2, -0.15) is 0 Å². The average molecular weight is 348 g/mol. The van der Waals surface area contributed by atoms with Gasteiger partial charge in [0.05, 0.1) is 24.4 Å². The molecule has 0 fully saturated rings. The summed E-state index contributed by atoms with van der Waals surface area (Å²) in [6.07, 6.45) is 4.88. The summed E-state index contributed by atoms with van der Waals surface area (Å²) in [5.74, 6) is 0.894.